The number of thiocarbonyl (C=S) groups is 1. The maximum atomic E-state index is 12.7. The van der Waals surface area contributed by atoms with E-state index in [0.29, 0.717) is 16.0 Å². The van der Waals surface area contributed by atoms with Crippen LogP contribution in [0.25, 0.3) is 6.08 Å². The molecule has 28 heavy (non-hydrogen) atoms. The number of rotatable bonds is 3. The number of benzene rings is 2. The van der Waals surface area contributed by atoms with Crippen molar-refractivity contribution in [3.8, 4) is 0 Å². The molecule has 1 aliphatic heterocycles. The lowest BCUT2D eigenvalue weighted by Crippen LogP contribution is -2.27. The second-order valence-corrected chi connectivity index (χ2v) is 7.44. The Morgan fingerprint density at radius 2 is 1.71 bits per heavy atom. The maximum Gasteiger partial charge on any atom is 0.416 e. The van der Waals surface area contributed by atoms with Gasteiger partial charge in [-0.2, -0.15) is 13.2 Å². The predicted octanol–water partition coefficient (Wildman–Crippen LogP) is 4.47. The zero-order valence-electron chi connectivity index (χ0n) is 14.4. The number of nitrogens with zero attached hydrogens (tertiary/aromatic N) is 1. The summed E-state index contributed by atoms with van der Waals surface area (Å²) in [7, 11) is 1.53. The Bertz CT molecular complexity index is 968. The zero-order valence-corrected chi connectivity index (χ0v) is 16.0. The molecule has 0 unspecified atom stereocenters. The van der Waals surface area contributed by atoms with Gasteiger partial charge in [0.15, 0.2) is 4.32 Å². The quantitative estimate of drug-likeness (QED) is 0.586. The highest BCUT2D eigenvalue weighted by Gasteiger charge is 2.34. The molecule has 2 aromatic carbocycles. The van der Waals surface area contributed by atoms with E-state index < -0.39 is 17.6 Å². The molecular weight excluding hydrogens is 409 g/mol. The molecule has 0 radical (unpaired) electrons. The molecule has 144 valence electrons. The van der Waals surface area contributed by atoms with Crippen LogP contribution in [0.4, 0.5) is 18.9 Å². The smallest absolute Gasteiger partial charge is 0.355 e. The third-order valence-electron chi connectivity index (χ3n) is 3.94. The Labute approximate surface area is 168 Å². The monoisotopic (exact) mass is 422 g/mol. The fourth-order valence-corrected chi connectivity index (χ4v) is 3.82. The number of amides is 2. The first-order valence-electron chi connectivity index (χ1n) is 7.98. The van der Waals surface area contributed by atoms with Gasteiger partial charge in [-0.3, -0.25) is 14.5 Å². The zero-order chi connectivity index (χ0) is 20.5. The van der Waals surface area contributed by atoms with Crippen molar-refractivity contribution < 1.29 is 22.8 Å². The number of carbonyl (C=O) groups is 2. The van der Waals surface area contributed by atoms with Crippen molar-refractivity contribution in [3.05, 3.63) is 70.1 Å². The van der Waals surface area contributed by atoms with Gasteiger partial charge in [-0.1, -0.05) is 36.1 Å². The SMILES string of the molecule is CNC(=O)c1ccc(/C=C2\SC(=S)N(c3ccc(C(F)(F)F)cc3)C2=O)cc1. The summed E-state index contributed by atoms with van der Waals surface area (Å²) in [6, 6.07) is 10.9. The van der Waals surface area contributed by atoms with E-state index in [0.717, 1.165) is 23.9 Å². The van der Waals surface area contributed by atoms with E-state index in [1.165, 1.54) is 24.1 Å². The van der Waals surface area contributed by atoms with Crippen LogP contribution in [-0.4, -0.2) is 23.2 Å². The van der Waals surface area contributed by atoms with Crippen LogP contribution in [0.2, 0.25) is 0 Å². The number of hydrogen-bond acceptors (Lipinski definition) is 4. The Hall–Kier alpha value is -2.65. The van der Waals surface area contributed by atoms with E-state index in [1.807, 2.05) is 0 Å². The molecule has 1 aliphatic rings. The number of hydrogen-bond donors (Lipinski definition) is 1. The van der Waals surface area contributed by atoms with Gasteiger partial charge in [-0.25, -0.2) is 0 Å². The molecular formula is C19H13F3N2O2S2. The molecule has 2 aromatic rings. The average molecular weight is 422 g/mol. The minimum atomic E-state index is -4.45. The van der Waals surface area contributed by atoms with Gasteiger partial charge in [0.1, 0.15) is 0 Å². The van der Waals surface area contributed by atoms with Gasteiger partial charge in [0.2, 0.25) is 0 Å². The summed E-state index contributed by atoms with van der Waals surface area (Å²) in [5, 5.41) is 2.52. The van der Waals surface area contributed by atoms with Gasteiger partial charge < -0.3 is 5.32 Å². The van der Waals surface area contributed by atoms with Crippen molar-refractivity contribution in [2.75, 3.05) is 11.9 Å². The molecule has 2 amide bonds. The Morgan fingerprint density at radius 3 is 2.25 bits per heavy atom. The molecule has 1 saturated heterocycles. The molecule has 1 heterocycles. The van der Waals surface area contributed by atoms with Gasteiger partial charge in [0, 0.05) is 12.6 Å². The van der Waals surface area contributed by atoms with Crippen LogP contribution in [0.15, 0.2) is 53.4 Å². The lowest BCUT2D eigenvalue weighted by Gasteiger charge is -2.15. The summed E-state index contributed by atoms with van der Waals surface area (Å²) in [5.74, 6) is -0.634. The highest BCUT2D eigenvalue weighted by Crippen LogP contribution is 2.37. The van der Waals surface area contributed by atoms with Crippen molar-refractivity contribution in [2.45, 2.75) is 6.18 Å². The molecule has 4 nitrogen and oxygen atoms in total. The van der Waals surface area contributed by atoms with Crippen LogP contribution >= 0.6 is 24.0 Å². The van der Waals surface area contributed by atoms with Gasteiger partial charge in [0.05, 0.1) is 16.2 Å². The van der Waals surface area contributed by atoms with Crippen molar-refractivity contribution in [2.24, 2.45) is 0 Å². The van der Waals surface area contributed by atoms with Crippen molar-refractivity contribution in [3.63, 3.8) is 0 Å². The van der Waals surface area contributed by atoms with Gasteiger partial charge in [-0.05, 0) is 48.0 Å². The summed E-state index contributed by atoms with van der Waals surface area (Å²) in [6.45, 7) is 0. The van der Waals surface area contributed by atoms with Crippen molar-refractivity contribution in [1.82, 2.24) is 5.32 Å². The fraction of sp³-hybridized carbons (Fsp3) is 0.105. The van der Waals surface area contributed by atoms with E-state index >= 15 is 0 Å². The minimum absolute atomic E-state index is 0.222. The van der Waals surface area contributed by atoms with Crippen LogP contribution in [0.5, 0.6) is 0 Å². The largest absolute Gasteiger partial charge is 0.416 e. The van der Waals surface area contributed by atoms with Crippen LogP contribution in [0, 0.1) is 0 Å². The summed E-state index contributed by atoms with van der Waals surface area (Å²) >= 11 is 6.29. The van der Waals surface area contributed by atoms with Crippen LogP contribution in [0.3, 0.4) is 0 Å². The second-order valence-electron chi connectivity index (χ2n) is 5.76. The number of alkyl halides is 3. The minimum Gasteiger partial charge on any atom is -0.355 e. The normalized spacial score (nSPS) is 16.0. The van der Waals surface area contributed by atoms with E-state index in [9.17, 15) is 22.8 Å². The standard InChI is InChI=1S/C19H13F3N2O2S2/c1-23-16(25)12-4-2-11(3-5-12)10-15-17(26)24(18(27)28-15)14-8-6-13(7-9-14)19(20,21)22/h2-10H,1H3,(H,23,25)/b15-10-. The van der Waals surface area contributed by atoms with Gasteiger partial charge >= 0.3 is 6.18 Å². The van der Waals surface area contributed by atoms with E-state index in [2.05, 4.69) is 5.32 Å². The molecule has 3 rings (SSSR count). The number of nitrogens with one attached hydrogen (secondary N) is 1. The Kier molecular flexibility index (Phi) is 5.57. The molecule has 0 spiro atoms. The number of anilines is 1. The molecule has 1 fully saturated rings. The van der Waals surface area contributed by atoms with E-state index in [4.69, 9.17) is 12.2 Å². The lowest BCUT2D eigenvalue weighted by atomic mass is 10.1. The molecule has 0 bridgehead atoms. The number of carbonyl (C=O) groups excluding carboxylic acids is 2. The third-order valence-corrected chi connectivity index (χ3v) is 5.25. The molecule has 0 saturated carbocycles. The van der Waals surface area contributed by atoms with Gasteiger partial charge in [-0.15, -0.1) is 0 Å². The number of halogens is 3. The Morgan fingerprint density at radius 1 is 1.11 bits per heavy atom. The summed E-state index contributed by atoms with van der Waals surface area (Å²) in [6.07, 6.45) is -2.83. The first kappa shape index (κ1) is 20.1. The lowest BCUT2D eigenvalue weighted by molar-refractivity contribution is -0.137. The van der Waals surface area contributed by atoms with Gasteiger partial charge in [0.25, 0.3) is 11.8 Å². The van der Waals surface area contributed by atoms with Crippen LogP contribution < -0.4 is 10.2 Å². The second kappa shape index (κ2) is 7.76. The Balaban J connectivity index is 1.83. The third kappa shape index (κ3) is 4.10. The fourth-order valence-electron chi connectivity index (χ4n) is 2.52. The van der Waals surface area contributed by atoms with E-state index in [-0.39, 0.29) is 15.9 Å². The molecule has 0 aliphatic carbocycles. The van der Waals surface area contributed by atoms with Crippen LogP contribution in [0.1, 0.15) is 21.5 Å². The number of thioether (sulfide) groups is 1. The molecule has 1 N–H and O–H groups in total. The summed E-state index contributed by atoms with van der Waals surface area (Å²) in [4.78, 5) is 25.8. The highest BCUT2D eigenvalue weighted by molar-refractivity contribution is 8.27. The summed E-state index contributed by atoms with van der Waals surface area (Å²) < 4.78 is 38.4. The molecule has 9 heteroatoms. The van der Waals surface area contributed by atoms with Crippen LogP contribution in [-0.2, 0) is 11.0 Å². The molecule has 0 aromatic heterocycles. The first-order valence-corrected chi connectivity index (χ1v) is 9.20. The van der Waals surface area contributed by atoms with Crippen molar-refractivity contribution in [1.29, 1.82) is 0 Å². The van der Waals surface area contributed by atoms with E-state index in [1.54, 1.807) is 30.3 Å². The predicted molar refractivity (Wildman–Crippen MR) is 107 cm³/mol. The summed E-state index contributed by atoms with van der Waals surface area (Å²) in [5.41, 5.74) is 0.653. The van der Waals surface area contributed by atoms with Crippen molar-refractivity contribution >= 4 is 51.9 Å². The first-order chi connectivity index (χ1) is 13.2. The molecule has 0 atom stereocenters. The highest BCUT2D eigenvalue weighted by atomic mass is 32.2. The average Bonchev–Trinajstić information content (AvgIpc) is 2.94. The topological polar surface area (TPSA) is 49.4 Å². The maximum absolute atomic E-state index is 12.7.